The molecule has 0 aromatic heterocycles. The molecule has 2 N–H and O–H groups in total. The Kier molecular flexibility index (Phi) is 6.30. The molecule has 1 unspecified atom stereocenters. The van der Waals surface area contributed by atoms with Gasteiger partial charge in [-0.1, -0.05) is 12.8 Å². The van der Waals surface area contributed by atoms with Gasteiger partial charge in [0.25, 0.3) is 0 Å². The lowest BCUT2D eigenvalue weighted by molar-refractivity contribution is -0.138. The summed E-state index contributed by atoms with van der Waals surface area (Å²) in [5, 5.41) is 0. The fourth-order valence-corrected chi connectivity index (χ4v) is 3.72. The Morgan fingerprint density at radius 3 is 2.45 bits per heavy atom. The van der Waals surface area contributed by atoms with E-state index in [1.54, 1.807) is 0 Å². The lowest BCUT2D eigenvalue weighted by Gasteiger charge is -2.37. The highest BCUT2D eigenvalue weighted by molar-refractivity contribution is 5.81. The molecule has 2 rings (SSSR count). The second-order valence-electron chi connectivity index (χ2n) is 6.38. The first-order valence-electron chi connectivity index (χ1n) is 8.48. The van der Waals surface area contributed by atoms with Gasteiger partial charge in [0.15, 0.2) is 0 Å². The number of likely N-dealkylation sites (tertiary alicyclic amines) is 1. The quantitative estimate of drug-likeness (QED) is 0.810. The number of hydrogen-bond donors (Lipinski definition) is 1. The van der Waals surface area contributed by atoms with Crippen molar-refractivity contribution in [3.63, 3.8) is 0 Å². The van der Waals surface area contributed by atoms with E-state index in [4.69, 9.17) is 5.73 Å². The lowest BCUT2D eigenvalue weighted by Crippen LogP contribution is -2.52. The normalized spacial score (nSPS) is 22.4. The molecular weight excluding hydrogens is 250 g/mol. The number of rotatable bonds is 6. The predicted octanol–water partition coefficient (Wildman–Crippen LogP) is 1.98. The first-order chi connectivity index (χ1) is 9.74. The van der Waals surface area contributed by atoms with E-state index in [1.807, 2.05) is 0 Å². The van der Waals surface area contributed by atoms with Crippen LogP contribution in [0.3, 0.4) is 0 Å². The minimum atomic E-state index is 0.0303. The van der Waals surface area contributed by atoms with Crippen LogP contribution in [0.15, 0.2) is 0 Å². The van der Waals surface area contributed by atoms with Crippen molar-refractivity contribution in [1.82, 2.24) is 9.80 Å². The van der Waals surface area contributed by atoms with Crippen LogP contribution in [-0.4, -0.2) is 54.0 Å². The van der Waals surface area contributed by atoms with Gasteiger partial charge in [-0.15, -0.1) is 0 Å². The Bertz CT molecular complexity index is 296. The van der Waals surface area contributed by atoms with Gasteiger partial charge in [0, 0.05) is 25.7 Å². The van der Waals surface area contributed by atoms with Gasteiger partial charge in [-0.3, -0.25) is 9.69 Å². The van der Waals surface area contributed by atoms with Crippen molar-refractivity contribution < 1.29 is 4.79 Å². The average molecular weight is 281 g/mol. The zero-order valence-electron chi connectivity index (χ0n) is 13.0. The Morgan fingerprint density at radius 2 is 1.85 bits per heavy atom. The topological polar surface area (TPSA) is 49.6 Å². The fraction of sp³-hybridized carbons (Fsp3) is 0.938. The van der Waals surface area contributed by atoms with Crippen molar-refractivity contribution in [3.8, 4) is 0 Å². The number of nitrogens with two attached hydrogens (primary N) is 1. The van der Waals surface area contributed by atoms with E-state index < -0.39 is 0 Å². The molecule has 1 saturated carbocycles. The molecule has 0 radical (unpaired) electrons. The molecule has 1 aliphatic carbocycles. The van der Waals surface area contributed by atoms with Gasteiger partial charge in [-0.25, -0.2) is 0 Å². The summed E-state index contributed by atoms with van der Waals surface area (Å²) in [5.74, 6) is 0.341. The van der Waals surface area contributed by atoms with E-state index in [1.165, 1.54) is 44.9 Å². The summed E-state index contributed by atoms with van der Waals surface area (Å²) in [6, 6.07) is 0.632. The molecule has 0 spiro atoms. The highest BCUT2D eigenvalue weighted by atomic mass is 16.2. The summed E-state index contributed by atoms with van der Waals surface area (Å²) in [6.07, 6.45) is 9.74. The van der Waals surface area contributed by atoms with Crippen molar-refractivity contribution in [2.45, 2.75) is 70.4 Å². The summed E-state index contributed by atoms with van der Waals surface area (Å²) in [7, 11) is 0. The number of carbonyl (C=O) groups is 1. The first kappa shape index (κ1) is 15.8. The minimum Gasteiger partial charge on any atom is -0.341 e. The minimum absolute atomic E-state index is 0.0303. The van der Waals surface area contributed by atoms with Crippen molar-refractivity contribution in [1.29, 1.82) is 0 Å². The molecule has 0 bridgehead atoms. The van der Waals surface area contributed by atoms with Crippen LogP contribution >= 0.6 is 0 Å². The molecule has 1 amide bonds. The number of nitrogens with zero attached hydrogens (tertiary/aromatic N) is 2. The van der Waals surface area contributed by atoms with Crippen molar-refractivity contribution >= 4 is 5.91 Å². The third-order valence-electron chi connectivity index (χ3n) is 4.94. The van der Waals surface area contributed by atoms with Crippen molar-refractivity contribution in [3.05, 3.63) is 0 Å². The number of piperidine rings is 1. The Hall–Kier alpha value is -0.610. The van der Waals surface area contributed by atoms with E-state index in [-0.39, 0.29) is 6.04 Å². The average Bonchev–Trinajstić information content (AvgIpc) is 3.01. The molecule has 0 aromatic rings. The molecular formula is C16H31N3O. The Morgan fingerprint density at radius 1 is 1.20 bits per heavy atom. The molecule has 20 heavy (non-hydrogen) atoms. The maximum atomic E-state index is 12.7. The van der Waals surface area contributed by atoms with Crippen LogP contribution < -0.4 is 5.73 Å². The van der Waals surface area contributed by atoms with Gasteiger partial charge in [0.1, 0.15) is 0 Å². The summed E-state index contributed by atoms with van der Waals surface area (Å²) >= 11 is 0. The van der Waals surface area contributed by atoms with E-state index in [0.717, 1.165) is 26.1 Å². The molecule has 2 aliphatic rings. The third kappa shape index (κ3) is 3.95. The molecule has 4 heteroatoms. The molecule has 4 nitrogen and oxygen atoms in total. The molecule has 116 valence electrons. The molecule has 1 aliphatic heterocycles. The molecule has 1 atom stereocenters. The summed E-state index contributed by atoms with van der Waals surface area (Å²) in [5.41, 5.74) is 5.67. The molecule has 1 saturated heterocycles. The lowest BCUT2D eigenvalue weighted by atomic mass is 10.1. The number of hydrogen-bond acceptors (Lipinski definition) is 3. The summed E-state index contributed by atoms with van der Waals surface area (Å²) in [4.78, 5) is 17.2. The monoisotopic (exact) mass is 281 g/mol. The maximum Gasteiger partial charge on any atom is 0.239 e. The predicted molar refractivity (Wildman–Crippen MR) is 82.5 cm³/mol. The zero-order valence-corrected chi connectivity index (χ0v) is 13.0. The van der Waals surface area contributed by atoms with Gasteiger partial charge in [-0.05, 0) is 52.0 Å². The second kappa shape index (κ2) is 7.99. The van der Waals surface area contributed by atoms with Crippen molar-refractivity contribution in [2.75, 3.05) is 26.2 Å². The van der Waals surface area contributed by atoms with Crippen LogP contribution in [0.5, 0.6) is 0 Å². The fourth-order valence-electron chi connectivity index (χ4n) is 3.72. The van der Waals surface area contributed by atoms with Crippen LogP contribution in [0.2, 0.25) is 0 Å². The molecule has 0 aromatic carbocycles. The maximum absolute atomic E-state index is 12.7. The zero-order chi connectivity index (χ0) is 14.4. The van der Waals surface area contributed by atoms with E-state index in [9.17, 15) is 4.79 Å². The van der Waals surface area contributed by atoms with Gasteiger partial charge >= 0.3 is 0 Å². The SMILES string of the molecule is CC(C(=O)N1CCCCC1)N(CCCN)C1CCCC1. The summed E-state index contributed by atoms with van der Waals surface area (Å²) in [6.45, 7) is 5.71. The van der Waals surface area contributed by atoms with Gasteiger partial charge in [0.2, 0.25) is 5.91 Å². The van der Waals surface area contributed by atoms with Crippen molar-refractivity contribution in [2.24, 2.45) is 5.73 Å². The van der Waals surface area contributed by atoms with Crippen LogP contribution in [0.25, 0.3) is 0 Å². The number of carbonyl (C=O) groups excluding carboxylic acids is 1. The Balaban J connectivity index is 1.96. The second-order valence-corrected chi connectivity index (χ2v) is 6.38. The first-order valence-corrected chi connectivity index (χ1v) is 8.48. The van der Waals surface area contributed by atoms with E-state index >= 15 is 0 Å². The molecule has 1 heterocycles. The van der Waals surface area contributed by atoms with Crippen LogP contribution in [0, 0.1) is 0 Å². The smallest absolute Gasteiger partial charge is 0.239 e. The van der Waals surface area contributed by atoms with Gasteiger partial charge in [-0.2, -0.15) is 0 Å². The van der Waals surface area contributed by atoms with Gasteiger partial charge in [0.05, 0.1) is 6.04 Å². The number of amides is 1. The highest BCUT2D eigenvalue weighted by Gasteiger charge is 2.32. The largest absolute Gasteiger partial charge is 0.341 e. The third-order valence-corrected chi connectivity index (χ3v) is 4.94. The van der Waals surface area contributed by atoms with E-state index in [2.05, 4.69) is 16.7 Å². The summed E-state index contributed by atoms with van der Waals surface area (Å²) < 4.78 is 0. The van der Waals surface area contributed by atoms with Crippen LogP contribution in [0.4, 0.5) is 0 Å². The highest BCUT2D eigenvalue weighted by Crippen LogP contribution is 2.26. The Labute approximate surface area is 123 Å². The van der Waals surface area contributed by atoms with E-state index in [0.29, 0.717) is 18.5 Å². The van der Waals surface area contributed by atoms with Gasteiger partial charge < -0.3 is 10.6 Å². The standard InChI is InChI=1S/C16H31N3O/c1-14(16(20)18-11-5-2-6-12-18)19(13-7-10-17)15-8-3-4-9-15/h14-15H,2-13,17H2,1H3. The van der Waals surface area contributed by atoms with Crippen LogP contribution in [0.1, 0.15) is 58.3 Å². The molecule has 2 fully saturated rings. The van der Waals surface area contributed by atoms with Crippen LogP contribution in [-0.2, 0) is 4.79 Å².